The first-order valence-electron chi connectivity index (χ1n) is 6.75. The average Bonchev–Trinajstić information content (AvgIpc) is 3.13. The Morgan fingerprint density at radius 3 is 2.95 bits per heavy atom. The molecule has 21 heavy (non-hydrogen) atoms. The molecule has 0 aliphatic carbocycles. The van der Waals surface area contributed by atoms with E-state index in [2.05, 4.69) is 25.2 Å². The molecule has 0 aliphatic rings. The first-order chi connectivity index (χ1) is 10.1. The van der Waals surface area contributed by atoms with E-state index in [0.717, 1.165) is 17.2 Å². The lowest BCUT2D eigenvalue weighted by atomic mass is 10.3. The number of aromatic amines is 1. The second kappa shape index (κ2) is 7.64. The van der Waals surface area contributed by atoms with Gasteiger partial charge in [-0.25, -0.2) is 18.1 Å². The van der Waals surface area contributed by atoms with Crippen LogP contribution in [0.5, 0.6) is 0 Å². The van der Waals surface area contributed by atoms with Crippen molar-refractivity contribution in [3.8, 4) is 0 Å². The zero-order valence-electron chi connectivity index (χ0n) is 11.8. The monoisotopic (exact) mass is 329 g/mol. The van der Waals surface area contributed by atoms with E-state index in [9.17, 15) is 8.42 Å². The summed E-state index contributed by atoms with van der Waals surface area (Å²) in [5.41, 5.74) is 0. The Morgan fingerprint density at radius 2 is 2.24 bits per heavy atom. The van der Waals surface area contributed by atoms with Gasteiger partial charge in [0.05, 0.1) is 0 Å². The van der Waals surface area contributed by atoms with E-state index in [1.165, 1.54) is 17.7 Å². The molecule has 9 heteroatoms. The minimum atomic E-state index is -3.41. The molecule has 0 saturated carbocycles. The Balaban J connectivity index is 1.82. The Labute approximate surface area is 128 Å². The fraction of sp³-hybridized carbons (Fsp3) is 0.500. The molecule has 0 atom stereocenters. The molecule has 0 aromatic carbocycles. The predicted octanol–water partition coefficient (Wildman–Crippen LogP) is 0.887. The molecular formula is C12H19N5O2S2. The molecule has 0 radical (unpaired) electrons. The highest BCUT2D eigenvalue weighted by atomic mass is 32.2. The van der Waals surface area contributed by atoms with Crippen LogP contribution in [0, 0.1) is 0 Å². The molecular weight excluding hydrogens is 310 g/mol. The summed E-state index contributed by atoms with van der Waals surface area (Å²) in [6, 6.07) is 3.49. The van der Waals surface area contributed by atoms with Crippen molar-refractivity contribution < 1.29 is 8.42 Å². The second-order valence-corrected chi connectivity index (χ2v) is 7.60. The number of sulfonamides is 1. The van der Waals surface area contributed by atoms with Gasteiger partial charge >= 0.3 is 0 Å². The molecule has 116 valence electrons. The maximum atomic E-state index is 12.1. The normalized spacial score (nSPS) is 11.9. The lowest BCUT2D eigenvalue weighted by Gasteiger charge is -2.03. The molecule has 7 nitrogen and oxygen atoms in total. The fourth-order valence-corrected chi connectivity index (χ4v) is 4.17. The topological polar surface area (TPSA) is 99.8 Å². The molecule has 0 amide bonds. The third-order valence-electron chi connectivity index (χ3n) is 2.80. The number of H-pyrrole nitrogens is 1. The van der Waals surface area contributed by atoms with Crippen LogP contribution in [0.2, 0.25) is 0 Å². The summed E-state index contributed by atoms with van der Waals surface area (Å²) in [6.45, 7) is 3.95. The Kier molecular flexibility index (Phi) is 5.85. The number of nitrogens with zero attached hydrogens (tertiary/aromatic N) is 2. The highest BCUT2D eigenvalue weighted by Gasteiger charge is 2.16. The molecule has 0 fully saturated rings. The third-order valence-corrected chi connectivity index (χ3v) is 5.84. The Morgan fingerprint density at radius 1 is 1.38 bits per heavy atom. The number of hydrogen-bond donors (Lipinski definition) is 3. The lowest BCUT2D eigenvalue weighted by Crippen LogP contribution is -2.24. The predicted molar refractivity (Wildman–Crippen MR) is 81.6 cm³/mol. The molecule has 2 aromatic rings. The van der Waals surface area contributed by atoms with Crippen LogP contribution < -0.4 is 10.0 Å². The van der Waals surface area contributed by atoms with Crippen molar-refractivity contribution in [2.75, 3.05) is 13.1 Å². The molecule has 0 spiro atoms. The molecule has 0 aliphatic heterocycles. The summed E-state index contributed by atoms with van der Waals surface area (Å²) < 4.78 is 27.2. The highest BCUT2D eigenvalue weighted by molar-refractivity contribution is 7.91. The van der Waals surface area contributed by atoms with Gasteiger partial charge in [0.2, 0.25) is 10.0 Å². The third kappa shape index (κ3) is 4.88. The number of hydrogen-bond acceptors (Lipinski definition) is 6. The van der Waals surface area contributed by atoms with Crippen LogP contribution in [0.1, 0.15) is 24.0 Å². The SMILES string of the molecule is CCNCc1ccc(S(=O)(=O)NCCCc2ncn[nH]2)s1. The van der Waals surface area contributed by atoms with Crippen molar-refractivity contribution in [3.63, 3.8) is 0 Å². The van der Waals surface area contributed by atoms with Gasteiger partial charge in [-0.2, -0.15) is 5.10 Å². The fourth-order valence-electron chi connectivity index (χ4n) is 1.73. The summed E-state index contributed by atoms with van der Waals surface area (Å²) in [5, 5.41) is 9.67. The van der Waals surface area contributed by atoms with Gasteiger partial charge < -0.3 is 5.32 Å². The van der Waals surface area contributed by atoms with Gasteiger partial charge in [-0.05, 0) is 25.1 Å². The van der Waals surface area contributed by atoms with Crippen LogP contribution in [-0.4, -0.2) is 36.7 Å². The van der Waals surface area contributed by atoms with Gasteiger partial charge in [-0.1, -0.05) is 6.92 Å². The van der Waals surface area contributed by atoms with Crippen LogP contribution in [-0.2, 0) is 23.0 Å². The number of rotatable bonds is 9. The maximum absolute atomic E-state index is 12.1. The van der Waals surface area contributed by atoms with Crippen LogP contribution in [0.15, 0.2) is 22.7 Å². The second-order valence-electron chi connectivity index (χ2n) is 4.43. The number of nitrogens with one attached hydrogen (secondary N) is 3. The van der Waals surface area contributed by atoms with Gasteiger partial charge in [-0.3, -0.25) is 5.10 Å². The van der Waals surface area contributed by atoms with Gasteiger partial charge in [0, 0.05) is 24.4 Å². The van der Waals surface area contributed by atoms with E-state index < -0.39 is 10.0 Å². The molecule has 2 aromatic heterocycles. The molecule has 0 bridgehead atoms. The summed E-state index contributed by atoms with van der Waals surface area (Å²) >= 11 is 1.29. The van der Waals surface area contributed by atoms with Crippen LogP contribution in [0.4, 0.5) is 0 Å². The van der Waals surface area contributed by atoms with Crippen LogP contribution in [0.25, 0.3) is 0 Å². The van der Waals surface area contributed by atoms with Gasteiger partial charge in [0.15, 0.2) is 0 Å². The van der Waals surface area contributed by atoms with E-state index in [-0.39, 0.29) is 0 Å². The van der Waals surface area contributed by atoms with Crippen molar-refractivity contribution >= 4 is 21.4 Å². The lowest BCUT2D eigenvalue weighted by molar-refractivity contribution is 0.580. The molecule has 2 heterocycles. The van der Waals surface area contributed by atoms with Crippen molar-refractivity contribution in [1.29, 1.82) is 0 Å². The van der Waals surface area contributed by atoms with Crippen molar-refractivity contribution in [2.24, 2.45) is 0 Å². The smallest absolute Gasteiger partial charge is 0.250 e. The van der Waals surface area contributed by atoms with Crippen molar-refractivity contribution in [1.82, 2.24) is 25.2 Å². The molecule has 0 unspecified atom stereocenters. The first-order valence-corrected chi connectivity index (χ1v) is 9.05. The zero-order valence-corrected chi connectivity index (χ0v) is 13.4. The number of aryl methyl sites for hydroxylation is 1. The Bertz CT molecular complexity index is 636. The number of aromatic nitrogens is 3. The number of thiophene rings is 1. The summed E-state index contributed by atoms with van der Waals surface area (Å²) in [7, 11) is -3.41. The van der Waals surface area contributed by atoms with Gasteiger partial charge in [-0.15, -0.1) is 11.3 Å². The first kappa shape index (κ1) is 16.1. The molecule has 2 rings (SSSR count). The van der Waals surface area contributed by atoms with Crippen molar-refractivity contribution in [3.05, 3.63) is 29.2 Å². The highest BCUT2D eigenvalue weighted by Crippen LogP contribution is 2.21. The summed E-state index contributed by atoms with van der Waals surface area (Å²) in [6.07, 6.45) is 2.78. The van der Waals surface area contributed by atoms with Crippen LogP contribution >= 0.6 is 11.3 Å². The van der Waals surface area contributed by atoms with E-state index in [1.807, 2.05) is 13.0 Å². The van der Waals surface area contributed by atoms with Crippen LogP contribution in [0.3, 0.4) is 0 Å². The van der Waals surface area contributed by atoms with E-state index >= 15 is 0 Å². The van der Waals surface area contributed by atoms with E-state index in [1.54, 1.807) is 6.07 Å². The Hall–Kier alpha value is -1.29. The largest absolute Gasteiger partial charge is 0.312 e. The summed E-state index contributed by atoms with van der Waals surface area (Å²) in [5.74, 6) is 0.762. The summed E-state index contributed by atoms with van der Waals surface area (Å²) in [4.78, 5) is 5.00. The minimum absolute atomic E-state index is 0.357. The van der Waals surface area contributed by atoms with Gasteiger partial charge in [0.1, 0.15) is 16.4 Å². The average molecular weight is 329 g/mol. The maximum Gasteiger partial charge on any atom is 0.250 e. The van der Waals surface area contributed by atoms with Crippen molar-refractivity contribution in [2.45, 2.75) is 30.5 Å². The minimum Gasteiger partial charge on any atom is -0.312 e. The zero-order chi connectivity index (χ0) is 15.1. The molecule has 3 N–H and O–H groups in total. The van der Waals surface area contributed by atoms with E-state index in [4.69, 9.17) is 0 Å². The van der Waals surface area contributed by atoms with E-state index in [0.29, 0.717) is 30.1 Å². The quantitative estimate of drug-likeness (QED) is 0.593. The van der Waals surface area contributed by atoms with Gasteiger partial charge in [0.25, 0.3) is 0 Å². The standard InChI is InChI=1S/C12H19N5O2S2/c1-2-13-8-10-5-6-12(20-10)21(18,19)16-7-3-4-11-14-9-15-17-11/h5-6,9,13,16H,2-4,7-8H2,1H3,(H,14,15,17). The molecule has 0 saturated heterocycles.